The van der Waals surface area contributed by atoms with Crippen LogP contribution in [0.25, 0.3) is 16.6 Å². The van der Waals surface area contributed by atoms with E-state index in [1.165, 1.54) is 17.5 Å². The highest BCUT2D eigenvalue weighted by Crippen LogP contribution is 2.39. The zero-order valence-electron chi connectivity index (χ0n) is 20.5. The fraction of sp³-hybridized carbons (Fsp3) is 0.276. The number of methoxy groups -OCH3 is 1. The summed E-state index contributed by atoms with van der Waals surface area (Å²) in [6.07, 6.45) is 8.22. The van der Waals surface area contributed by atoms with Crippen molar-refractivity contribution >= 4 is 23.5 Å². The summed E-state index contributed by atoms with van der Waals surface area (Å²) in [5.41, 5.74) is 5.32. The molecule has 0 aliphatic carbocycles. The van der Waals surface area contributed by atoms with Crippen molar-refractivity contribution in [2.24, 2.45) is 0 Å². The normalized spacial score (nSPS) is 16.5. The van der Waals surface area contributed by atoms with Crippen LogP contribution in [0.5, 0.6) is 5.75 Å². The van der Waals surface area contributed by atoms with Crippen LogP contribution in [-0.2, 0) is 4.79 Å². The van der Waals surface area contributed by atoms with Gasteiger partial charge in [-0.25, -0.2) is 0 Å². The van der Waals surface area contributed by atoms with E-state index in [0.717, 1.165) is 40.9 Å². The molecule has 5 rings (SSSR count). The number of aromatic nitrogens is 2. The van der Waals surface area contributed by atoms with Gasteiger partial charge in [0.2, 0.25) is 0 Å². The molecule has 3 heterocycles. The smallest absolute Gasteiger partial charge is 0.160 e. The minimum absolute atomic E-state index is 0.0827. The minimum atomic E-state index is 0.0827. The Balaban J connectivity index is 0.00000141. The predicted molar refractivity (Wildman–Crippen MR) is 138 cm³/mol. The summed E-state index contributed by atoms with van der Waals surface area (Å²) in [6, 6.07) is 19.2. The maximum absolute atomic E-state index is 12.1. The number of benzene rings is 2. The number of carbonyl (C=O) groups excluding carboxylic acids is 2. The van der Waals surface area contributed by atoms with Crippen molar-refractivity contribution in [3.8, 4) is 11.4 Å². The fourth-order valence-electron chi connectivity index (χ4n) is 5.14. The van der Waals surface area contributed by atoms with Crippen LogP contribution in [0, 0.1) is 0 Å². The molecule has 6 heteroatoms. The molecule has 0 N–H and O–H groups in total. The number of pyridine rings is 1. The van der Waals surface area contributed by atoms with Gasteiger partial charge in [-0.2, -0.15) is 0 Å². The van der Waals surface area contributed by atoms with E-state index in [2.05, 4.69) is 45.6 Å². The van der Waals surface area contributed by atoms with E-state index in [1.807, 2.05) is 55.7 Å². The minimum Gasteiger partial charge on any atom is -0.497 e. The van der Waals surface area contributed by atoms with Crippen molar-refractivity contribution in [3.63, 3.8) is 0 Å². The third kappa shape index (κ3) is 4.75. The number of Topliss-reactive ketones (excluding diaryl/α,β-unsaturated/α-hetero) is 1. The number of hydrogen-bond acceptors (Lipinski definition) is 5. The molecule has 35 heavy (non-hydrogen) atoms. The molecule has 1 fully saturated rings. The molecular formula is C29H31N3O3. The van der Waals surface area contributed by atoms with Crippen molar-refractivity contribution in [3.05, 3.63) is 89.9 Å². The van der Waals surface area contributed by atoms with Gasteiger partial charge in [0.05, 0.1) is 24.5 Å². The van der Waals surface area contributed by atoms with Gasteiger partial charge in [0.15, 0.2) is 5.78 Å². The summed E-state index contributed by atoms with van der Waals surface area (Å²) in [5.74, 6) is 0.965. The van der Waals surface area contributed by atoms with Gasteiger partial charge < -0.3 is 14.1 Å². The van der Waals surface area contributed by atoms with Crippen molar-refractivity contribution in [1.82, 2.24) is 14.5 Å². The molecule has 2 aromatic carbocycles. The van der Waals surface area contributed by atoms with Gasteiger partial charge in [-0.3, -0.25) is 14.7 Å². The van der Waals surface area contributed by atoms with E-state index in [9.17, 15) is 4.79 Å². The molecule has 0 spiro atoms. The Bertz CT molecular complexity index is 1310. The van der Waals surface area contributed by atoms with Crippen molar-refractivity contribution in [2.45, 2.75) is 38.8 Å². The van der Waals surface area contributed by atoms with Gasteiger partial charge in [0.25, 0.3) is 0 Å². The SMILES string of the molecule is C=O.COc1ccc([C@@H](C)N2CCC[C@H]2c2cncc(-n3ccc4c(C(C)=O)cccc43)c2)cc1. The zero-order valence-corrected chi connectivity index (χ0v) is 20.5. The second-order valence-corrected chi connectivity index (χ2v) is 8.80. The first-order valence-electron chi connectivity index (χ1n) is 11.8. The Kier molecular flexibility index (Phi) is 7.42. The lowest BCUT2D eigenvalue weighted by Gasteiger charge is -2.31. The lowest BCUT2D eigenvalue weighted by atomic mass is 10.0. The molecule has 0 amide bonds. The van der Waals surface area contributed by atoms with Crippen LogP contribution in [0.3, 0.4) is 0 Å². The number of hydrogen-bond donors (Lipinski definition) is 0. The molecule has 0 radical (unpaired) electrons. The summed E-state index contributed by atoms with van der Waals surface area (Å²) in [6.45, 7) is 6.96. The highest BCUT2D eigenvalue weighted by Gasteiger charge is 2.31. The number of ether oxygens (including phenoxy) is 1. The molecule has 2 aromatic heterocycles. The first-order chi connectivity index (χ1) is 17.1. The third-order valence-corrected chi connectivity index (χ3v) is 6.91. The summed E-state index contributed by atoms with van der Waals surface area (Å²) in [7, 11) is 1.70. The molecular weight excluding hydrogens is 438 g/mol. The Labute approximate surface area is 206 Å². The average Bonchev–Trinajstić information content (AvgIpc) is 3.57. The van der Waals surface area contributed by atoms with Gasteiger partial charge in [-0.15, -0.1) is 0 Å². The van der Waals surface area contributed by atoms with Gasteiger partial charge in [0.1, 0.15) is 12.5 Å². The highest BCUT2D eigenvalue weighted by molar-refractivity contribution is 6.06. The monoisotopic (exact) mass is 469 g/mol. The zero-order chi connectivity index (χ0) is 24.9. The topological polar surface area (TPSA) is 64.4 Å². The molecule has 0 bridgehead atoms. The highest BCUT2D eigenvalue weighted by atomic mass is 16.5. The van der Waals surface area contributed by atoms with E-state index in [4.69, 9.17) is 9.53 Å². The summed E-state index contributed by atoms with van der Waals surface area (Å²) in [5, 5.41) is 0.978. The first-order valence-corrected chi connectivity index (χ1v) is 11.8. The van der Waals surface area contributed by atoms with Gasteiger partial charge in [-0.1, -0.05) is 24.3 Å². The van der Waals surface area contributed by atoms with E-state index in [-0.39, 0.29) is 5.78 Å². The summed E-state index contributed by atoms with van der Waals surface area (Å²) >= 11 is 0. The Morgan fingerprint density at radius 1 is 1.11 bits per heavy atom. The second kappa shape index (κ2) is 10.7. The van der Waals surface area contributed by atoms with Crippen LogP contribution < -0.4 is 4.74 Å². The number of fused-ring (bicyclic) bond motifs is 1. The lowest BCUT2D eigenvalue weighted by molar-refractivity contribution is -0.0980. The first kappa shape index (κ1) is 24.4. The van der Waals surface area contributed by atoms with E-state index in [1.54, 1.807) is 14.0 Å². The largest absolute Gasteiger partial charge is 0.497 e. The van der Waals surface area contributed by atoms with Crippen molar-refractivity contribution in [1.29, 1.82) is 0 Å². The third-order valence-electron chi connectivity index (χ3n) is 6.91. The maximum atomic E-state index is 12.1. The molecule has 6 nitrogen and oxygen atoms in total. The molecule has 0 unspecified atom stereocenters. The Morgan fingerprint density at radius 2 is 1.89 bits per heavy atom. The van der Waals surface area contributed by atoms with E-state index < -0.39 is 0 Å². The van der Waals surface area contributed by atoms with Crippen LogP contribution in [0.1, 0.15) is 60.3 Å². The van der Waals surface area contributed by atoms with Gasteiger partial charge >= 0.3 is 0 Å². The molecule has 2 atom stereocenters. The number of nitrogens with zero attached hydrogens (tertiary/aromatic N) is 3. The van der Waals surface area contributed by atoms with Crippen molar-refractivity contribution < 1.29 is 14.3 Å². The van der Waals surface area contributed by atoms with E-state index in [0.29, 0.717) is 12.1 Å². The quantitative estimate of drug-likeness (QED) is 0.327. The van der Waals surface area contributed by atoms with Crippen LogP contribution in [0.15, 0.2) is 73.2 Å². The molecule has 4 aromatic rings. The van der Waals surface area contributed by atoms with E-state index >= 15 is 0 Å². The Morgan fingerprint density at radius 3 is 2.60 bits per heavy atom. The van der Waals surface area contributed by atoms with Gasteiger partial charge in [-0.05, 0) is 74.7 Å². The van der Waals surface area contributed by atoms with Crippen LogP contribution in [0.4, 0.5) is 0 Å². The maximum Gasteiger partial charge on any atom is 0.160 e. The number of ketones is 1. The molecule has 1 aliphatic rings. The molecule has 1 aliphatic heterocycles. The number of likely N-dealkylation sites (tertiary alicyclic amines) is 1. The van der Waals surface area contributed by atoms with Gasteiger partial charge in [0, 0.05) is 35.4 Å². The van der Waals surface area contributed by atoms with Crippen LogP contribution in [0.2, 0.25) is 0 Å². The molecule has 180 valence electrons. The van der Waals surface area contributed by atoms with Crippen molar-refractivity contribution in [2.75, 3.05) is 13.7 Å². The number of rotatable bonds is 6. The standard InChI is InChI=1S/C28H29N3O2.CH2O/c1-19(21-9-11-24(33-3)12-10-21)30-14-5-8-27(30)22-16-23(18-29-17-22)31-15-13-26-25(20(2)32)6-4-7-28(26)31;1-2/h4,6-7,9-13,15-19,27H,5,8,14H2,1-3H3;1H2/t19-,27+;/m1./s1. The summed E-state index contributed by atoms with van der Waals surface area (Å²) in [4.78, 5) is 27.2. The second-order valence-electron chi connectivity index (χ2n) is 8.80. The van der Waals surface area contributed by atoms with Crippen LogP contribution >= 0.6 is 0 Å². The predicted octanol–water partition coefficient (Wildman–Crippen LogP) is 5.95. The number of carbonyl (C=O) groups is 2. The molecule has 0 saturated carbocycles. The summed E-state index contributed by atoms with van der Waals surface area (Å²) < 4.78 is 7.45. The Hall–Kier alpha value is -3.77. The lowest BCUT2D eigenvalue weighted by Crippen LogP contribution is -2.26. The fourth-order valence-corrected chi connectivity index (χ4v) is 5.14. The average molecular weight is 470 g/mol. The van der Waals surface area contributed by atoms with Crippen LogP contribution in [-0.4, -0.2) is 40.7 Å². The molecule has 1 saturated heterocycles.